The van der Waals surface area contributed by atoms with E-state index >= 15 is 0 Å². The van der Waals surface area contributed by atoms with Crippen molar-refractivity contribution in [2.24, 2.45) is 4.99 Å². The normalized spacial score (nSPS) is 15.5. The van der Waals surface area contributed by atoms with Crippen LogP contribution in [0.4, 0.5) is 0 Å². The zero-order chi connectivity index (χ0) is 20.1. The number of thiazole rings is 1. The number of carbonyl (C=O) groups is 2. The van der Waals surface area contributed by atoms with Crippen molar-refractivity contribution in [1.82, 2.24) is 9.47 Å². The van der Waals surface area contributed by atoms with Gasteiger partial charge in [-0.15, -0.1) is 6.42 Å². The summed E-state index contributed by atoms with van der Waals surface area (Å²) in [5.41, 5.74) is 0.833. The van der Waals surface area contributed by atoms with Gasteiger partial charge in [-0.05, 0) is 31.4 Å². The number of para-hydroxylation sites is 1. The van der Waals surface area contributed by atoms with Crippen LogP contribution in [0.15, 0.2) is 29.3 Å². The molecule has 0 aliphatic carbocycles. The summed E-state index contributed by atoms with van der Waals surface area (Å²) in [7, 11) is -3.88. The first-order valence-electron chi connectivity index (χ1n) is 8.97. The molecule has 0 unspecified atom stereocenters. The van der Waals surface area contributed by atoms with E-state index in [0.717, 1.165) is 29.5 Å². The monoisotopic (exact) mass is 419 g/mol. The average Bonchev–Trinajstić information content (AvgIpc) is 2.99. The molecule has 9 heteroatoms. The van der Waals surface area contributed by atoms with Gasteiger partial charge in [0.25, 0.3) is 5.91 Å². The molecule has 148 valence electrons. The van der Waals surface area contributed by atoms with Crippen LogP contribution in [-0.4, -0.2) is 54.3 Å². The molecule has 7 nitrogen and oxygen atoms in total. The van der Waals surface area contributed by atoms with Crippen LogP contribution in [0.1, 0.15) is 19.3 Å². The molecule has 2 aromatic rings. The van der Waals surface area contributed by atoms with Gasteiger partial charge in [-0.3, -0.25) is 9.59 Å². The topological polar surface area (TPSA) is 88.8 Å². The van der Waals surface area contributed by atoms with E-state index in [2.05, 4.69) is 10.9 Å². The number of nitrogens with zero attached hydrogens (tertiary/aromatic N) is 3. The number of likely N-dealkylation sites (tertiary alicyclic amines) is 1. The predicted molar refractivity (Wildman–Crippen MR) is 108 cm³/mol. The number of carbonyl (C=O) groups excluding carboxylic acids is 2. The zero-order valence-corrected chi connectivity index (χ0v) is 17.0. The highest BCUT2D eigenvalue weighted by molar-refractivity contribution is 7.92. The van der Waals surface area contributed by atoms with E-state index in [4.69, 9.17) is 6.42 Å². The van der Waals surface area contributed by atoms with E-state index in [1.807, 2.05) is 24.3 Å². The minimum Gasteiger partial charge on any atom is -0.342 e. The number of aromatic nitrogens is 1. The molecule has 0 spiro atoms. The summed E-state index contributed by atoms with van der Waals surface area (Å²) >= 11 is 1.26. The van der Waals surface area contributed by atoms with Crippen LogP contribution < -0.4 is 4.80 Å². The van der Waals surface area contributed by atoms with E-state index < -0.39 is 33.2 Å². The van der Waals surface area contributed by atoms with E-state index in [-0.39, 0.29) is 6.54 Å². The fraction of sp³-hybridized carbons (Fsp3) is 0.421. The first kappa shape index (κ1) is 20.3. The highest BCUT2D eigenvalue weighted by atomic mass is 32.2. The van der Waals surface area contributed by atoms with Gasteiger partial charge >= 0.3 is 0 Å². The Bertz CT molecular complexity index is 1100. The van der Waals surface area contributed by atoms with Gasteiger partial charge in [0.15, 0.2) is 14.6 Å². The fourth-order valence-electron chi connectivity index (χ4n) is 3.15. The van der Waals surface area contributed by atoms with Crippen molar-refractivity contribution in [3.63, 3.8) is 0 Å². The van der Waals surface area contributed by atoms with Crippen LogP contribution in [0.3, 0.4) is 0 Å². The third kappa shape index (κ3) is 4.88. The SMILES string of the molecule is C#CCn1c(=NC(=O)CS(=O)(=O)CC(=O)N2CCCCC2)sc2ccccc21. The van der Waals surface area contributed by atoms with Gasteiger partial charge in [0, 0.05) is 13.1 Å². The van der Waals surface area contributed by atoms with Gasteiger partial charge in [0.1, 0.15) is 11.5 Å². The molecule has 1 saturated heterocycles. The highest BCUT2D eigenvalue weighted by Crippen LogP contribution is 2.16. The number of terminal acetylenes is 1. The van der Waals surface area contributed by atoms with E-state index in [1.165, 1.54) is 11.3 Å². The van der Waals surface area contributed by atoms with Crippen molar-refractivity contribution in [3.05, 3.63) is 29.1 Å². The zero-order valence-electron chi connectivity index (χ0n) is 15.3. The lowest BCUT2D eigenvalue weighted by Crippen LogP contribution is -2.40. The summed E-state index contributed by atoms with van der Waals surface area (Å²) in [5, 5.41) is 0. The number of benzene rings is 1. The maximum atomic E-state index is 12.3. The van der Waals surface area contributed by atoms with Crippen LogP contribution in [0.2, 0.25) is 0 Å². The van der Waals surface area contributed by atoms with E-state index in [9.17, 15) is 18.0 Å². The third-order valence-electron chi connectivity index (χ3n) is 4.45. The van der Waals surface area contributed by atoms with E-state index in [0.29, 0.717) is 17.9 Å². The number of amides is 2. The Kier molecular flexibility index (Phi) is 6.31. The molecule has 0 saturated carbocycles. The first-order valence-corrected chi connectivity index (χ1v) is 11.6. The van der Waals surface area contributed by atoms with Gasteiger partial charge in [0.2, 0.25) is 5.91 Å². The third-order valence-corrected chi connectivity index (χ3v) is 6.89. The summed E-state index contributed by atoms with van der Waals surface area (Å²) in [6.45, 7) is 1.36. The molecule has 0 bridgehead atoms. The lowest BCUT2D eigenvalue weighted by Gasteiger charge is -2.26. The Balaban J connectivity index is 1.77. The average molecular weight is 420 g/mol. The van der Waals surface area contributed by atoms with Crippen molar-refractivity contribution >= 4 is 43.2 Å². The van der Waals surface area contributed by atoms with Crippen LogP contribution in [0.5, 0.6) is 0 Å². The molecule has 1 aromatic heterocycles. The number of piperidine rings is 1. The molecule has 1 aliphatic rings. The standard InChI is InChI=1S/C19H21N3O4S2/c1-2-10-22-15-8-4-5-9-16(15)27-19(22)20-17(23)13-28(25,26)14-18(24)21-11-6-3-7-12-21/h1,4-5,8-9H,3,6-7,10-14H2. The van der Waals surface area contributed by atoms with Gasteiger partial charge in [-0.1, -0.05) is 29.4 Å². The fourth-order valence-corrected chi connectivity index (χ4v) is 5.30. The summed E-state index contributed by atoms with van der Waals surface area (Å²) in [6.07, 6.45) is 8.20. The molecule has 1 fully saturated rings. The van der Waals surface area contributed by atoms with Crippen LogP contribution in [-0.2, 0) is 26.0 Å². The number of rotatable bonds is 5. The Morgan fingerprint density at radius 1 is 1.14 bits per heavy atom. The minimum absolute atomic E-state index is 0.219. The van der Waals surface area contributed by atoms with Crippen molar-refractivity contribution in [1.29, 1.82) is 0 Å². The Morgan fingerprint density at radius 3 is 2.57 bits per heavy atom. The largest absolute Gasteiger partial charge is 0.342 e. The molecule has 1 aliphatic heterocycles. The van der Waals surface area contributed by atoms with E-state index in [1.54, 1.807) is 9.47 Å². The first-order chi connectivity index (χ1) is 13.4. The molecule has 0 N–H and O–H groups in total. The predicted octanol–water partition coefficient (Wildman–Crippen LogP) is 1.19. The molecule has 1 aromatic carbocycles. The van der Waals surface area contributed by atoms with Crippen LogP contribution in [0, 0.1) is 12.3 Å². The van der Waals surface area contributed by atoms with Crippen molar-refractivity contribution in [2.45, 2.75) is 25.8 Å². The van der Waals surface area contributed by atoms with Crippen molar-refractivity contribution in [2.75, 3.05) is 24.6 Å². The highest BCUT2D eigenvalue weighted by Gasteiger charge is 2.25. The Labute approximate surface area is 167 Å². The quantitative estimate of drug-likeness (QED) is 0.681. The summed E-state index contributed by atoms with van der Waals surface area (Å²) in [4.78, 5) is 30.3. The summed E-state index contributed by atoms with van der Waals surface area (Å²) in [6, 6.07) is 7.46. The van der Waals surface area contributed by atoms with Gasteiger partial charge in [-0.2, -0.15) is 4.99 Å². The maximum Gasteiger partial charge on any atom is 0.263 e. The number of hydrogen-bond donors (Lipinski definition) is 0. The molecule has 28 heavy (non-hydrogen) atoms. The number of sulfone groups is 1. The second kappa shape index (κ2) is 8.71. The second-order valence-electron chi connectivity index (χ2n) is 6.62. The van der Waals surface area contributed by atoms with Crippen LogP contribution in [0.25, 0.3) is 10.2 Å². The number of fused-ring (bicyclic) bond motifs is 1. The van der Waals surface area contributed by atoms with Gasteiger partial charge < -0.3 is 9.47 Å². The molecule has 2 amide bonds. The molecule has 0 radical (unpaired) electrons. The molecular formula is C19H21N3O4S2. The summed E-state index contributed by atoms with van der Waals surface area (Å²) in [5.74, 6) is -0.189. The molecular weight excluding hydrogens is 398 g/mol. The van der Waals surface area contributed by atoms with Gasteiger partial charge in [-0.25, -0.2) is 8.42 Å². The smallest absolute Gasteiger partial charge is 0.263 e. The Morgan fingerprint density at radius 2 is 1.86 bits per heavy atom. The lowest BCUT2D eigenvalue weighted by atomic mass is 10.1. The summed E-state index contributed by atoms with van der Waals surface area (Å²) < 4.78 is 27.2. The second-order valence-corrected chi connectivity index (χ2v) is 9.70. The molecule has 2 heterocycles. The molecule has 3 rings (SSSR count). The van der Waals surface area contributed by atoms with Crippen molar-refractivity contribution in [3.8, 4) is 12.3 Å². The number of hydrogen-bond acceptors (Lipinski definition) is 5. The lowest BCUT2D eigenvalue weighted by molar-refractivity contribution is -0.129. The Hall–Kier alpha value is -2.44. The molecule has 0 atom stereocenters. The van der Waals surface area contributed by atoms with Gasteiger partial charge in [0.05, 0.1) is 16.8 Å². The van der Waals surface area contributed by atoms with Crippen molar-refractivity contribution < 1.29 is 18.0 Å². The maximum absolute atomic E-state index is 12.3. The van der Waals surface area contributed by atoms with Crippen LogP contribution >= 0.6 is 11.3 Å². The minimum atomic E-state index is -3.88.